The van der Waals surface area contributed by atoms with Crippen molar-refractivity contribution < 1.29 is 14.0 Å². The SMILES string of the molecule is O=C(CNC(=O)c1ccc(Cl)cc1)N/N=C/c1ccc(-c2ccc(Cl)c(Cl)c2)o1. The molecule has 0 atom stereocenters. The Balaban J connectivity index is 1.50. The van der Waals surface area contributed by atoms with E-state index < -0.39 is 11.8 Å². The van der Waals surface area contributed by atoms with Crippen LogP contribution in [0.25, 0.3) is 11.3 Å². The second kappa shape index (κ2) is 9.60. The highest BCUT2D eigenvalue weighted by Crippen LogP contribution is 2.29. The highest BCUT2D eigenvalue weighted by molar-refractivity contribution is 6.42. The van der Waals surface area contributed by atoms with Crippen molar-refractivity contribution in [2.45, 2.75) is 0 Å². The molecule has 2 N–H and O–H groups in total. The number of halogens is 3. The lowest BCUT2D eigenvalue weighted by molar-refractivity contribution is -0.120. The molecule has 0 aliphatic carbocycles. The second-order valence-electron chi connectivity index (χ2n) is 5.81. The van der Waals surface area contributed by atoms with Gasteiger partial charge >= 0.3 is 0 Å². The van der Waals surface area contributed by atoms with Crippen LogP contribution in [-0.4, -0.2) is 24.6 Å². The summed E-state index contributed by atoms with van der Waals surface area (Å²) in [5.41, 5.74) is 3.47. The standard InChI is InChI=1S/C20H14Cl3N3O3/c21-14-4-1-12(2-5-14)20(28)24-11-19(27)26-25-10-15-6-8-18(29-15)13-3-7-16(22)17(23)9-13/h1-10H,11H2,(H,24,28)(H,26,27)/b25-10+. The Kier molecular flexibility index (Phi) is 6.93. The monoisotopic (exact) mass is 449 g/mol. The average Bonchev–Trinajstić information content (AvgIpc) is 3.17. The summed E-state index contributed by atoms with van der Waals surface area (Å²) in [6.45, 7) is -0.231. The Morgan fingerprint density at radius 1 is 0.966 bits per heavy atom. The molecule has 2 aromatic carbocycles. The van der Waals surface area contributed by atoms with Crippen molar-refractivity contribution in [1.29, 1.82) is 0 Å². The van der Waals surface area contributed by atoms with Crippen LogP contribution in [0.1, 0.15) is 16.1 Å². The largest absolute Gasteiger partial charge is 0.455 e. The molecule has 0 aliphatic heterocycles. The van der Waals surface area contributed by atoms with E-state index >= 15 is 0 Å². The van der Waals surface area contributed by atoms with Gasteiger partial charge in [0.05, 0.1) is 22.8 Å². The van der Waals surface area contributed by atoms with Gasteiger partial charge in [0.15, 0.2) is 0 Å². The van der Waals surface area contributed by atoms with Crippen molar-refractivity contribution in [3.63, 3.8) is 0 Å². The van der Waals surface area contributed by atoms with Gasteiger partial charge in [-0.1, -0.05) is 34.8 Å². The zero-order valence-corrected chi connectivity index (χ0v) is 17.1. The third-order valence-electron chi connectivity index (χ3n) is 3.73. The second-order valence-corrected chi connectivity index (χ2v) is 7.06. The van der Waals surface area contributed by atoms with E-state index in [2.05, 4.69) is 15.8 Å². The molecule has 0 aliphatic rings. The maximum atomic E-state index is 11.9. The summed E-state index contributed by atoms with van der Waals surface area (Å²) in [6, 6.07) is 14.9. The summed E-state index contributed by atoms with van der Waals surface area (Å²) in [7, 11) is 0. The number of nitrogens with one attached hydrogen (secondary N) is 2. The van der Waals surface area contributed by atoms with E-state index in [-0.39, 0.29) is 6.54 Å². The van der Waals surface area contributed by atoms with E-state index in [1.54, 1.807) is 54.6 Å². The van der Waals surface area contributed by atoms with Crippen molar-refractivity contribution in [1.82, 2.24) is 10.7 Å². The molecular weight excluding hydrogens is 437 g/mol. The predicted molar refractivity (Wildman–Crippen MR) is 114 cm³/mol. The van der Waals surface area contributed by atoms with E-state index in [9.17, 15) is 9.59 Å². The van der Waals surface area contributed by atoms with E-state index in [0.717, 1.165) is 5.56 Å². The van der Waals surface area contributed by atoms with Crippen molar-refractivity contribution in [2.24, 2.45) is 5.10 Å². The van der Waals surface area contributed by atoms with Crippen LogP contribution < -0.4 is 10.7 Å². The molecule has 0 unspecified atom stereocenters. The molecule has 3 rings (SSSR count). The minimum absolute atomic E-state index is 0.231. The first-order valence-corrected chi connectivity index (χ1v) is 9.47. The molecule has 1 heterocycles. The van der Waals surface area contributed by atoms with Gasteiger partial charge in [-0.25, -0.2) is 5.43 Å². The van der Waals surface area contributed by atoms with Gasteiger partial charge in [-0.2, -0.15) is 5.10 Å². The number of hydrazone groups is 1. The lowest BCUT2D eigenvalue weighted by Gasteiger charge is -2.04. The summed E-state index contributed by atoms with van der Waals surface area (Å²) in [4.78, 5) is 23.7. The fraction of sp³-hybridized carbons (Fsp3) is 0.0500. The zero-order valence-electron chi connectivity index (χ0n) is 14.8. The fourth-order valence-corrected chi connectivity index (χ4v) is 2.72. The number of hydrogen-bond acceptors (Lipinski definition) is 4. The van der Waals surface area contributed by atoms with Crippen LogP contribution in [0.15, 0.2) is 64.1 Å². The molecule has 0 fully saturated rings. The Bertz CT molecular complexity index is 1060. The normalized spacial score (nSPS) is 10.9. The molecule has 6 nitrogen and oxygen atoms in total. The van der Waals surface area contributed by atoms with Gasteiger partial charge in [-0.3, -0.25) is 9.59 Å². The minimum atomic E-state index is -0.486. The maximum Gasteiger partial charge on any atom is 0.259 e. The van der Waals surface area contributed by atoms with Crippen molar-refractivity contribution >= 4 is 52.8 Å². The molecule has 0 bridgehead atoms. The summed E-state index contributed by atoms with van der Waals surface area (Å²) in [5.74, 6) is 0.126. The van der Waals surface area contributed by atoms with Gasteiger partial charge in [0.1, 0.15) is 11.5 Å². The molecule has 1 aromatic heterocycles. The van der Waals surface area contributed by atoms with Gasteiger partial charge in [0.25, 0.3) is 11.8 Å². The number of carbonyl (C=O) groups is 2. The molecule has 0 radical (unpaired) electrons. The summed E-state index contributed by atoms with van der Waals surface area (Å²) >= 11 is 17.7. The van der Waals surface area contributed by atoms with Crippen LogP contribution in [0.2, 0.25) is 15.1 Å². The molecule has 29 heavy (non-hydrogen) atoms. The first-order chi connectivity index (χ1) is 13.9. The number of rotatable bonds is 6. The van der Waals surface area contributed by atoms with E-state index in [1.165, 1.54) is 6.21 Å². The Morgan fingerprint density at radius 2 is 1.72 bits per heavy atom. The smallest absolute Gasteiger partial charge is 0.259 e. The number of benzene rings is 2. The van der Waals surface area contributed by atoms with Gasteiger partial charge in [0.2, 0.25) is 0 Å². The maximum absolute atomic E-state index is 11.9. The molecule has 3 aromatic rings. The Labute approximate surface area is 181 Å². The molecule has 2 amide bonds. The van der Waals surface area contributed by atoms with E-state index in [1.807, 2.05) is 0 Å². The number of carbonyl (C=O) groups excluding carboxylic acids is 2. The molecule has 0 saturated heterocycles. The summed E-state index contributed by atoms with van der Waals surface area (Å²) in [6.07, 6.45) is 1.35. The number of furan rings is 1. The van der Waals surface area contributed by atoms with Crippen molar-refractivity contribution in [2.75, 3.05) is 6.54 Å². The van der Waals surface area contributed by atoms with Crippen LogP contribution in [0.5, 0.6) is 0 Å². The number of amides is 2. The topological polar surface area (TPSA) is 83.7 Å². The summed E-state index contributed by atoms with van der Waals surface area (Å²) < 4.78 is 5.63. The van der Waals surface area contributed by atoms with Gasteiger partial charge in [-0.05, 0) is 54.6 Å². The highest BCUT2D eigenvalue weighted by Gasteiger charge is 2.08. The zero-order chi connectivity index (χ0) is 20.8. The van der Waals surface area contributed by atoms with Crippen LogP contribution in [0, 0.1) is 0 Å². The quantitative estimate of drug-likeness (QED) is 0.418. The van der Waals surface area contributed by atoms with Gasteiger partial charge in [0, 0.05) is 16.1 Å². The highest BCUT2D eigenvalue weighted by atomic mass is 35.5. The van der Waals surface area contributed by atoms with Crippen molar-refractivity contribution in [3.8, 4) is 11.3 Å². The van der Waals surface area contributed by atoms with Crippen LogP contribution in [0.4, 0.5) is 0 Å². The molecule has 0 saturated carbocycles. The Morgan fingerprint density at radius 3 is 2.45 bits per heavy atom. The lowest BCUT2D eigenvalue weighted by atomic mass is 10.2. The van der Waals surface area contributed by atoms with Gasteiger partial charge in [-0.15, -0.1) is 0 Å². The first-order valence-electron chi connectivity index (χ1n) is 8.33. The minimum Gasteiger partial charge on any atom is -0.455 e. The molecule has 148 valence electrons. The number of nitrogens with zero attached hydrogens (tertiary/aromatic N) is 1. The Hall–Kier alpha value is -2.80. The average molecular weight is 451 g/mol. The number of hydrogen-bond donors (Lipinski definition) is 2. The summed E-state index contributed by atoms with van der Waals surface area (Å²) in [5, 5.41) is 7.69. The van der Waals surface area contributed by atoms with Crippen LogP contribution >= 0.6 is 34.8 Å². The molecule has 9 heteroatoms. The van der Waals surface area contributed by atoms with Crippen LogP contribution in [-0.2, 0) is 4.79 Å². The van der Waals surface area contributed by atoms with E-state index in [0.29, 0.717) is 32.2 Å². The molecular formula is C20H14Cl3N3O3. The van der Waals surface area contributed by atoms with E-state index in [4.69, 9.17) is 39.2 Å². The predicted octanol–water partition coefficient (Wildman–Crippen LogP) is 4.79. The van der Waals surface area contributed by atoms with Gasteiger partial charge < -0.3 is 9.73 Å². The third kappa shape index (κ3) is 5.84. The van der Waals surface area contributed by atoms with Crippen molar-refractivity contribution in [3.05, 3.63) is 81.0 Å². The third-order valence-corrected chi connectivity index (χ3v) is 4.72. The van der Waals surface area contributed by atoms with Crippen LogP contribution in [0.3, 0.4) is 0 Å². The first kappa shape index (κ1) is 20.9. The fourth-order valence-electron chi connectivity index (χ4n) is 2.30. The lowest BCUT2D eigenvalue weighted by Crippen LogP contribution is -2.34. The molecule has 0 spiro atoms.